The van der Waals surface area contributed by atoms with Gasteiger partial charge < -0.3 is 24.8 Å². The van der Waals surface area contributed by atoms with E-state index in [1.54, 1.807) is 4.90 Å². The van der Waals surface area contributed by atoms with Gasteiger partial charge in [0, 0.05) is 19.1 Å². The number of aliphatic hydroxyl groups excluding tert-OH is 1. The highest BCUT2D eigenvalue weighted by Crippen LogP contribution is 2.46. The molecular formula is C19H34N2O5. The zero-order valence-corrected chi connectivity index (χ0v) is 16.9. The lowest BCUT2D eigenvalue weighted by Gasteiger charge is -2.43. The number of amides is 2. The number of rotatable bonds is 1. The van der Waals surface area contributed by atoms with Crippen molar-refractivity contribution in [1.29, 1.82) is 0 Å². The van der Waals surface area contributed by atoms with Crippen molar-refractivity contribution in [1.82, 2.24) is 10.2 Å². The molecule has 1 saturated carbocycles. The first kappa shape index (κ1) is 20.8. The maximum Gasteiger partial charge on any atom is 0.410 e. The van der Waals surface area contributed by atoms with Gasteiger partial charge in [-0.25, -0.2) is 9.59 Å². The molecule has 2 fully saturated rings. The van der Waals surface area contributed by atoms with Crippen LogP contribution < -0.4 is 5.32 Å². The zero-order chi connectivity index (χ0) is 19.8. The number of carbonyl (C=O) groups excluding carboxylic acids is 2. The van der Waals surface area contributed by atoms with E-state index in [1.165, 1.54) is 0 Å². The molecular weight excluding hydrogens is 336 g/mol. The van der Waals surface area contributed by atoms with Crippen molar-refractivity contribution in [3.8, 4) is 0 Å². The molecule has 1 saturated heterocycles. The predicted octanol–water partition coefficient (Wildman–Crippen LogP) is 3.05. The summed E-state index contributed by atoms with van der Waals surface area (Å²) in [7, 11) is 0. The lowest BCUT2D eigenvalue weighted by molar-refractivity contribution is 0.00375. The second kappa shape index (κ2) is 7.25. The number of hydrogen-bond donors (Lipinski definition) is 2. The summed E-state index contributed by atoms with van der Waals surface area (Å²) in [6.45, 7) is 12.2. The molecule has 7 nitrogen and oxygen atoms in total. The van der Waals surface area contributed by atoms with Gasteiger partial charge in [-0.2, -0.15) is 0 Å². The minimum Gasteiger partial charge on any atom is -0.444 e. The number of nitrogens with zero attached hydrogens (tertiary/aromatic N) is 1. The fourth-order valence-electron chi connectivity index (χ4n) is 3.89. The van der Waals surface area contributed by atoms with Gasteiger partial charge in [-0.15, -0.1) is 0 Å². The van der Waals surface area contributed by atoms with Crippen LogP contribution in [0, 0.1) is 5.41 Å². The first-order chi connectivity index (χ1) is 11.8. The number of carbonyl (C=O) groups is 2. The fraction of sp³-hybridized carbons (Fsp3) is 0.895. The molecule has 7 heteroatoms. The van der Waals surface area contributed by atoms with Crippen molar-refractivity contribution in [3.63, 3.8) is 0 Å². The second-order valence-corrected chi connectivity index (χ2v) is 9.62. The molecule has 1 heterocycles. The summed E-state index contributed by atoms with van der Waals surface area (Å²) < 4.78 is 10.8. The van der Waals surface area contributed by atoms with Gasteiger partial charge in [0.2, 0.25) is 0 Å². The lowest BCUT2D eigenvalue weighted by atomic mass is 9.74. The summed E-state index contributed by atoms with van der Waals surface area (Å²) >= 11 is 0. The van der Waals surface area contributed by atoms with Crippen LogP contribution in [0.4, 0.5) is 9.59 Å². The van der Waals surface area contributed by atoms with Crippen molar-refractivity contribution in [3.05, 3.63) is 0 Å². The van der Waals surface area contributed by atoms with E-state index in [-0.39, 0.29) is 17.6 Å². The third-order valence-corrected chi connectivity index (χ3v) is 4.99. The van der Waals surface area contributed by atoms with Gasteiger partial charge in [0.25, 0.3) is 0 Å². The van der Waals surface area contributed by atoms with E-state index in [0.717, 1.165) is 12.8 Å². The smallest absolute Gasteiger partial charge is 0.410 e. The molecule has 2 aliphatic rings. The molecule has 1 aliphatic carbocycles. The van der Waals surface area contributed by atoms with Gasteiger partial charge in [-0.3, -0.25) is 0 Å². The highest BCUT2D eigenvalue weighted by molar-refractivity contribution is 5.69. The van der Waals surface area contributed by atoms with E-state index in [9.17, 15) is 14.7 Å². The Kier molecular flexibility index (Phi) is 5.80. The average Bonchev–Trinajstić information content (AvgIpc) is 2.71. The Morgan fingerprint density at radius 2 is 1.58 bits per heavy atom. The fourth-order valence-corrected chi connectivity index (χ4v) is 3.89. The molecule has 1 aliphatic heterocycles. The van der Waals surface area contributed by atoms with Crippen molar-refractivity contribution < 1.29 is 24.2 Å². The Morgan fingerprint density at radius 1 is 1.04 bits per heavy atom. The maximum absolute atomic E-state index is 12.3. The summed E-state index contributed by atoms with van der Waals surface area (Å²) in [6, 6.07) is -0.145. The summed E-state index contributed by atoms with van der Waals surface area (Å²) in [5, 5.41) is 13.1. The summed E-state index contributed by atoms with van der Waals surface area (Å²) in [4.78, 5) is 26.2. The molecule has 2 N–H and O–H groups in total. The molecule has 2 rings (SSSR count). The number of likely N-dealkylation sites (tertiary alicyclic amines) is 1. The highest BCUT2D eigenvalue weighted by atomic mass is 16.6. The first-order valence-corrected chi connectivity index (χ1v) is 9.45. The molecule has 2 atom stereocenters. The minimum atomic E-state index is -0.561. The standard InChI is InChI=1S/C19H34N2O5/c1-17(2,3)25-15(23)20-14-11-13(22)12-19(14)7-9-21(10-8-19)16(24)26-18(4,5)6/h13-14,22H,7-12H2,1-6H3,(H,20,23)/t13-,14+/m1/s1. The Bertz CT molecular complexity index is 527. The van der Waals surface area contributed by atoms with E-state index < -0.39 is 23.4 Å². The summed E-state index contributed by atoms with van der Waals surface area (Å²) in [5.74, 6) is 0. The van der Waals surface area contributed by atoms with Crippen molar-refractivity contribution in [2.75, 3.05) is 13.1 Å². The van der Waals surface area contributed by atoms with Crippen LogP contribution in [0.1, 0.15) is 67.2 Å². The van der Waals surface area contributed by atoms with Crippen molar-refractivity contribution in [2.45, 2.75) is 90.6 Å². The number of piperidine rings is 1. The molecule has 0 aromatic carbocycles. The number of aliphatic hydroxyl groups is 1. The largest absolute Gasteiger partial charge is 0.444 e. The Balaban J connectivity index is 1.98. The maximum atomic E-state index is 12.3. The molecule has 0 unspecified atom stereocenters. The van der Waals surface area contributed by atoms with Crippen LogP contribution in [-0.4, -0.2) is 58.6 Å². The van der Waals surface area contributed by atoms with Crippen molar-refractivity contribution >= 4 is 12.2 Å². The molecule has 26 heavy (non-hydrogen) atoms. The Morgan fingerprint density at radius 3 is 2.08 bits per heavy atom. The number of nitrogens with one attached hydrogen (secondary N) is 1. The quantitative estimate of drug-likeness (QED) is 0.741. The number of hydrogen-bond acceptors (Lipinski definition) is 5. The van der Waals surface area contributed by atoms with Crippen molar-refractivity contribution in [2.24, 2.45) is 5.41 Å². The molecule has 2 amide bonds. The Hall–Kier alpha value is -1.50. The van der Waals surface area contributed by atoms with Gasteiger partial charge in [0.15, 0.2) is 0 Å². The minimum absolute atomic E-state index is 0.145. The highest BCUT2D eigenvalue weighted by Gasteiger charge is 2.50. The third-order valence-electron chi connectivity index (χ3n) is 4.99. The molecule has 0 bridgehead atoms. The molecule has 0 aromatic heterocycles. The summed E-state index contributed by atoms with van der Waals surface area (Å²) in [5.41, 5.74) is -1.28. The van der Waals surface area contributed by atoms with Crippen LogP contribution in [0.25, 0.3) is 0 Å². The van der Waals surface area contributed by atoms with Crippen LogP contribution in [0.15, 0.2) is 0 Å². The number of alkyl carbamates (subject to hydrolysis) is 1. The zero-order valence-electron chi connectivity index (χ0n) is 16.9. The second-order valence-electron chi connectivity index (χ2n) is 9.62. The van der Waals surface area contributed by atoms with Gasteiger partial charge in [-0.1, -0.05) is 0 Å². The first-order valence-electron chi connectivity index (χ1n) is 9.45. The van der Waals surface area contributed by atoms with Gasteiger partial charge in [-0.05, 0) is 72.6 Å². The normalized spacial score (nSPS) is 25.9. The molecule has 150 valence electrons. The van der Waals surface area contributed by atoms with Gasteiger partial charge in [0.05, 0.1) is 6.10 Å². The number of ether oxygens (including phenoxy) is 2. The van der Waals surface area contributed by atoms with Crippen LogP contribution in [0.3, 0.4) is 0 Å². The van der Waals surface area contributed by atoms with Gasteiger partial charge >= 0.3 is 12.2 Å². The van der Waals surface area contributed by atoms with Crippen LogP contribution >= 0.6 is 0 Å². The lowest BCUT2D eigenvalue weighted by Crippen LogP contribution is -2.52. The monoisotopic (exact) mass is 370 g/mol. The van der Waals surface area contributed by atoms with E-state index in [2.05, 4.69) is 5.32 Å². The van der Waals surface area contributed by atoms with Gasteiger partial charge in [0.1, 0.15) is 11.2 Å². The molecule has 0 radical (unpaired) electrons. The predicted molar refractivity (Wildman–Crippen MR) is 97.9 cm³/mol. The van der Waals surface area contributed by atoms with E-state index in [0.29, 0.717) is 25.9 Å². The third kappa shape index (κ3) is 5.50. The summed E-state index contributed by atoms with van der Waals surface area (Å²) in [6.07, 6.45) is 1.41. The molecule has 1 spiro atoms. The molecule has 0 aromatic rings. The van der Waals surface area contributed by atoms with E-state index in [4.69, 9.17) is 9.47 Å². The topological polar surface area (TPSA) is 88.1 Å². The average molecular weight is 370 g/mol. The Labute approximate surface area is 156 Å². The van der Waals surface area contributed by atoms with E-state index in [1.807, 2.05) is 41.5 Å². The van der Waals surface area contributed by atoms with Crippen LogP contribution in [0.5, 0.6) is 0 Å². The van der Waals surface area contributed by atoms with E-state index >= 15 is 0 Å². The van der Waals surface area contributed by atoms with Crippen LogP contribution in [-0.2, 0) is 9.47 Å². The van der Waals surface area contributed by atoms with Crippen LogP contribution in [0.2, 0.25) is 0 Å². The SMILES string of the molecule is CC(C)(C)OC(=O)N[C@H]1C[C@@H](O)CC12CCN(C(=O)OC(C)(C)C)CC2.